The van der Waals surface area contributed by atoms with Gasteiger partial charge in [0.15, 0.2) is 0 Å². The molecule has 0 atom stereocenters. The molecule has 1 heterocycles. The summed E-state index contributed by atoms with van der Waals surface area (Å²) < 4.78 is 11.2. The Morgan fingerprint density at radius 1 is 1.35 bits per heavy atom. The first-order chi connectivity index (χ1) is 9.37. The second-order valence-electron chi connectivity index (χ2n) is 6.13. The predicted molar refractivity (Wildman–Crippen MR) is 78.0 cm³/mol. The first-order valence-corrected chi connectivity index (χ1v) is 7.11. The smallest absolute Gasteiger partial charge is 0.410 e. The van der Waals surface area contributed by atoms with E-state index in [4.69, 9.17) is 9.47 Å². The molecular weight excluding hydrogens is 254 g/mol. The van der Waals surface area contributed by atoms with E-state index < -0.39 is 5.60 Å². The molecule has 1 saturated heterocycles. The number of carbonyl (C=O) groups excluding carboxylic acids is 1. The van der Waals surface area contributed by atoms with Gasteiger partial charge < -0.3 is 14.4 Å². The minimum atomic E-state index is -0.446. The standard InChI is InChI=1S/C16H23NO3/c1-5-12-7-6-8-13(9-12)19-14-10-17(11-14)15(18)20-16(2,3)4/h6-9,14H,5,10-11H2,1-4H3. The molecule has 1 aromatic carbocycles. The van der Waals surface area contributed by atoms with Crippen LogP contribution in [-0.4, -0.2) is 35.8 Å². The van der Waals surface area contributed by atoms with Crippen molar-refractivity contribution >= 4 is 6.09 Å². The fourth-order valence-corrected chi connectivity index (χ4v) is 2.02. The van der Waals surface area contributed by atoms with Crippen molar-refractivity contribution in [2.45, 2.75) is 45.8 Å². The molecule has 20 heavy (non-hydrogen) atoms. The van der Waals surface area contributed by atoms with Crippen LogP contribution in [0.15, 0.2) is 24.3 Å². The number of amides is 1. The second kappa shape index (κ2) is 5.73. The molecule has 1 amide bonds. The van der Waals surface area contributed by atoms with E-state index in [-0.39, 0.29) is 12.2 Å². The quantitative estimate of drug-likeness (QED) is 0.851. The highest BCUT2D eigenvalue weighted by atomic mass is 16.6. The number of likely N-dealkylation sites (tertiary alicyclic amines) is 1. The number of ether oxygens (including phenoxy) is 2. The normalized spacial score (nSPS) is 15.7. The van der Waals surface area contributed by atoms with Gasteiger partial charge in [-0.3, -0.25) is 0 Å². The predicted octanol–water partition coefficient (Wildman–Crippen LogP) is 3.25. The molecule has 1 aliphatic rings. The molecule has 2 rings (SSSR count). The lowest BCUT2D eigenvalue weighted by atomic mass is 10.1. The van der Waals surface area contributed by atoms with Crippen LogP contribution in [0.1, 0.15) is 33.3 Å². The summed E-state index contributed by atoms with van der Waals surface area (Å²) in [5.74, 6) is 0.873. The summed E-state index contributed by atoms with van der Waals surface area (Å²) in [6.07, 6.45) is 0.792. The van der Waals surface area contributed by atoms with Crippen molar-refractivity contribution in [3.63, 3.8) is 0 Å². The van der Waals surface area contributed by atoms with Gasteiger partial charge in [0.05, 0.1) is 13.1 Å². The Hall–Kier alpha value is -1.71. The molecule has 0 N–H and O–H groups in total. The summed E-state index contributed by atoms with van der Waals surface area (Å²) >= 11 is 0. The monoisotopic (exact) mass is 277 g/mol. The van der Waals surface area contributed by atoms with Gasteiger partial charge in [-0.15, -0.1) is 0 Å². The van der Waals surface area contributed by atoms with Gasteiger partial charge in [0.2, 0.25) is 0 Å². The topological polar surface area (TPSA) is 38.8 Å². The zero-order valence-electron chi connectivity index (χ0n) is 12.7. The van der Waals surface area contributed by atoms with Crippen LogP contribution in [0, 0.1) is 0 Å². The van der Waals surface area contributed by atoms with E-state index in [9.17, 15) is 4.79 Å². The maximum absolute atomic E-state index is 11.8. The highest BCUT2D eigenvalue weighted by molar-refractivity contribution is 5.69. The summed E-state index contributed by atoms with van der Waals surface area (Å²) in [5, 5.41) is 0. The Morgan fingerprint density at radius 2 is 2.05 bits per heavy atom. The molecule has 0 unspecified atom stereocenters. The third kappa shape index (κ3) is 3.89. The fourth-order valence-electron chi connectivity index (χ4n) is 2.02. The van der Waals surface area contributed by atoms with E-state index in [0.29, 0.717) is 13.1 Å². The largest absolute Gasteiger partial charge is 0.487 e. The Kier molecular flexibility index (Phi) is 4.21. The maximum Gasteiger partial charge on any atom is 0.410 e. The van der Waals surface area contributed by atoms with Crippen molar-refractivity contribution in [2.75, 3.05) is 13.1 Å². The number of rotatable bonds is 3. The van der Waals surface area contributed by atoms with Crippen molar-refractivity contribution in [1.29, 1.82) is 0 Å². The molecular formula is C16H23NO3. The molecule has 1 aliphatic heterocycles. The van der Waals surface area contributed by atoms with Gasteiger partial charge in [0.1, 0.15) is 17.5 Å². The lowest BCUT2D eigenvalue weighted by molar-refractivity contribution is -0.0221. The molecule has 0 radical (unpaired) electrons. The van der Waals surface area contributed by atoms with Crippen LogP contribution >= 0.6 is 0 Å². The summed E-state index contributed by atoms with van der Waals surface area (Å²) in [4.78, 5) is 13.5. The minimum Gasteiger partial charge on any atom is -0.487 e. The molecule has 110 valence electrons. The van der Waals surface area contributed by atoms with Gasteiger partial charge >= 0.3 is 6.09 Å². The van der Waals surface area contributed by atoms with E-state index in [1.807, 2.05) is 32.9 Å². The summed E-state index contributed by atoms with van der Waals surface area (Å²) in [6, 6.07) is 8.09. The first kappa shape index (κ1) is 14.7. The summed E-state index contributed by atoms with van der Waals surface area (Å²) in [7, 11) is 0. The second-order valence-corrected chi connectivity index (χ2v) is 6.13. The van der Waals surface area contributed by atoms with Gasteiger partial charge in [-0.1, -0.05) is 19.1 Å². The lowest BCUT2D eigenvalue weighted by Crippen LogP contribution is -2.57. The molecule has 1 fully saturated rings. The van der Waals surface area contributed by atoms with Crippen molar-refractivity contribution in [1.82, 2.24) is 4.90 Å². The molecule has 0 spiro atoms. The number of nitrogens with zero attached hydrogens (tertiary/aromatic N) is 1. The maximum atomic E-state index is 11.8. The lowest BCUT2D eigenvalue weighted by Gasteiger charge is -2.39. The third-order valence-corrected chi connectivity index (χ3v) is 3.11. The zero-order valence-corrected chi connectivity index (χ0v) is 12.7. The van der Waals surface area contributed by atoms with Crippen LogP contribution in [0.3, 0.4) is 0 Å². The van der Waals surface area contributed by atoms with E-state index in [1.54, 1.807) is 4.90 Å². The fraction of sp³-hybridized carbons (Fsp3) is 0.562. The van der Waals surface area contributed by atoms with Crippen LogP contribution in [0.4, 0.5) is 4.79 Å². The average Bonchev–Trinajstić information content (AvgIpc) is 2.31. The van der Waals surface area contributed by atoms with Crippen LogP contribution in [0.25, 0.3) is 0 Å². The van der Waals surface area contributed by atoms with Crippen molar-refractivity contribution in [3.8, 4) is 5.75 Å². The van der Waals surface area contributed by atoms with Gasteiger partial charge in [-0.05, 0) is 44.9 Å². The molecule has 0 aromatic heterocycles. The average molecular weight is 277 g/mol. The van der Waals surface area contributed by atoms with E-state index in [0.717, 1.165) is 12.2 Å². The van der Waals surface area contributed by atoms with E-state index >= 15 is 0 Å². The zero-order chi connectivity index (χ0) is 14.8. The summed E-state index contributed by atoms with van der Waals surface area (Å²) in [6.45, 7) is 8.90. The molecule has 1 aromatic rings. The third-order valence-electron chi connectivity index (χ3n) is 3.11. The van der Waals surface area contributed by atoms with Crippen LogP contribution < -0.4 is 4.74 Å². The first-order valence-electron chi connectivity index (χ1n) is 7.11. The molecule has 0 aliphatic carbocycles. The van der Waals surface area contributed by atoms with Crippen molar-refractivity contribution in [3.05, 3.63) is 29.8 Å². The van der Waals surface area contributed by atoms with Gasteiger partial charge in [0, 0.05) is 0 Å². The van der Waals surface area contributed by atoms with Gasteiger partial charge in [0.25, 0.3) is 0 Å². The highest BCUT2D eigenvalue weighted by Crippen LogP contribution is 2.21. The van der Waals surface area contributed by atoms with Crippen LogP contribution in [0.5, 0.6) is 5.75 Å². The number of benzene rings is 1. The molecule has 0 bridgehead atoms. The van der Waals surface area contributed by atoms with Crippen LogP contribution in [0.2, 0.25) is 0 Å². The number of hydrogen-bond donors (Lipinski definition) is 0. The Labute approximate surface area is 120 Å². The van der Waals surface area contributed by atoms with Gasteiger partial charge in [-0.25, -0.2) is 4.79 Å². The Bertz CT molecular complexity index is 473. The number of carbonyl (C=O) groups is 1. The SMILES string of the molecule is CCc1cccc(OC2CN(C(=O)OC(C)(C)C)C2)c1. The molecule has 4 nitrogen and oxygen atoms in total. The highest BCUT2D eigenvalue weighted by Gasteiger charge is 2.35. The number of hydrogen-bond acceptors (Lipinski definition) is 3. The van der Waals surface area contributed by atoms with E-state index in [1.165, 1.54) is 5.56 Å². The molecule has 0 saturated carbocycles. The number of aryl methyl sites for hydroxylation is 1. The summed E-state index contributed by atoms with van der Waals surface area (Å²) in [5.41, 5.74) is 0.809. The Balaban J connectivity index is 1.80. The van der Waals surface area contributed by atoms with Crippen molar-refractivity contribution in [2.24, 2.45) is 0 Å². The van der Waals surface area contributed by atoms with Gasteiger partial charge in [-0.2, -0.15) is 0 Å². The molecule has 4 heteroatoms. The van der Waals surface area contributed by atoms with Crippen LogP contribution in [-0.2, 0) is 11.2 Å². The van der Waals surface area contributed by atoms with E-state index in [2.05, 4.69) is 19.1 Å². The minimum absolute atomic E-state index is 0.0645. The Morgan fingerprint density at radius 3 is 2.65 bits per heavy atom. The van der Waals surface area contributed by atoms with Crippen molar-refractivity contribution < 1.29 is 14.3 Å².